The predicted octanol–water partition coefficient (Wildman–Crippen LogP) is 3.26. The Kier molecular flexibility index (Phi) is 5.44. The predicted molar refractivity (Wildman–Crippen MR) is 84.9 cm³/mol. The van der Waals surface area contributed by atoms with Gasteiger partial charge in [0.2, 0.25) is 5.91 Å². The van der Waals surface area contributed by atoms with Crippen LogP contribution in [0.4, 0.5) is 0 Å². The molecule has 1 atom stereocenters. The van der Waals surface area contributed by atoms with Gasteiger partial charge in [-0.25, -0.2) is 0 Å². The molecule has 0 N–H and O–H groups in total. The Morgan fingerprint density at radius 3 is 2.71 bits per heavy atom. The summed E-state index contributed by atoms with van der Waals surface area (Å²) in [7, 11) is 1.84. The first-order valence-corrected chi connectivity index (χ1v) is 7.94. The number of benzene rings is 1. The molecule has 0 saturated carbocycles. The summed E-state index contributed by atoms with van der Waals surface area (Å²) >= 11 is 1.58. The van der Waals surface area contributed by atoms with Crippen molar-refractivity contribution in [2.75, 3.05) is 7.05 Å². The number of carbonyl (C=O) groups is 1. The summed E-state index contributed by atoms with van der Waals surface area (Å²) in [5, 5.41) is 3.84. The number of aryl methyl sites for hydroxylation is 1. The van der Waals surface area contributed by atoms with Gasteiger partial charge >= 0.3 is 0 Å². The SMILES string of the molecule is Cc1cc(CS[C@@H](C)C(=O)N(C)Cc2ccccc2)no1. The van der Waals surface area contributed by atoms with Gasteiger partial charge in [-0.2, -0.15) is 0 Å². The number of aromatic nitrogens is 1. The third-order valence-corrected chi connectivity index (χ3v) is 4.31. The van der Waals surface area contributed by atoms with Crippen LogP contribution < -0.4 is 0 Å². The summed E-state index contributed by atoms with van der Waals surface area (Å²) in [4.78, 5) is 14.1. The minimum absolute atomic E-state index is 0.101. The second kappa shape index (κ2) is 7.31. The molecule has 4 nitrogen and oxygen atoms in total. The molecule has 0 aliphatic rings. The van der Waals surface area contributed by atoms with Crippen LogP contribution in [-0.4, -0.2) is 28.3 Å². The molecule has 1 amide bonds. The van der Waals surface area contributed by atoms with Crippen molar-refractivity contribution in [3.8, 4) is 0 Å². The fourth-order valence-corrected chi connectivity index (χ4v) is 2.89. The molecule has 1 heterocycles. The van der Waals surface area contributed by atoms with Crippen LogP contribution in [0.15, 0.2) is 40.9 Å². The van der Waals surface area contributed by atoms with Gasteiger partial charge in [-0.05, 0) is 19.4 Å². The van der Waals surface area contributed by atoms with E-state index < -0.39 is 0 Å². The normalized spacial score (nSPS) is 12.1. The van der Waals surface area contributed by atoms with Crippen LogP contribution in [0, 0.1) is 6.92 Å². The average molecular weight is 304 g/mol. The van der Waals surface area contributed by atoms with Gasteiger partial charge in [-0.3, -0.25) is 4.79 Å². The quantitative estimate of drug-likeness (QED) is 0.822. The number of amides is 1. The Balaban J connectivity index is 1.83. The highest BCUT2D eigenvalue weighted by Crippen LogP contribution is 2.19. The largest absolute Gasteiger partial charge is 0.361 e. The van der Waals surface area contributed by atoms with Crippen molar-refractivity contribution >= 4 is 17.7 Å². The number of rotatable bonds is 6. The topological polar surface area (TPSA) is 46.3 Å². The summed E-state index contributed by atoms with van der Waals surface area (Å²) in [5.74, 6) is 1.61. The number of nitrogens with zero attached hydrogens (tertiary/aromatic N) is 2. The minimum atomic E-state index is -0.101. The first-order valence-electron chi connectivity index (χ1n) is 6.89. The summed E-state index contributed by atoms with van der Waals surface area (Å²) in [6, 6.07) is 11.9. The van der Waals surface area contributed by atoms with Gasteiger partial charge in [0.25, 0.3) is 0 Å². The molecule has 0 bridgehead atoms. The van der Waals surface area contributed by atoms with E-state index in [-0.39, 0.29) is 11.2 Å². The van der Waals surface area contributed by atoms with Gasteiger partial charge in [0, 0.05) is 25.4 Å². The second-order valence-electron chi connectivity index (χ2n) is 5.06. The third kappa shape index (κ3) is 4.63. The molecule has 2 rings (SSSR count). The van der Waals surface area contributed by atoms with E-state index in [1.165, 1.54) is 0 Å². The summed E-state index contributed by atoms with van der Waals surface area (Å²) < 4.78 is 5.03. The van der Waals surface area contributed by atoms with Crippen molar-refractivity contribution in [3.05, 3.63) is 53.4 Å². The lowest BCUT2D eigenvalue weighted by Gasteiger charge is -2.21. The maximum atomic E-state index is 12.3. The Morgan fingerprint density at radius 1 is 1.38 bits per heavy atom. The van der Waals surface area contributed by atoms with Crippen LogP contribution >= 0.6 is 11.8 Å². The molecule has 21 heavy (non-hydrogen) atoms. The molecule has 0 aliphatic heterocycles. The molecule has 0 unspecified atom stereocenters. The Bertz CT molecular complexity index is 583. The van der Waals surface area contributed by atoms with Gasteiger partial charge in [-0.1, -0.05) is 35.5 Å². The van der Waals surface area contributed by atoms with E-state index in [1.54, 1.807) is 16.7 Å². The molecule has 5 heteroatoms. The average Bonchev–Trinajstić information content (AvgIpc) is 2.90. The summed E-state index contributed by atoms with van der Waals surface area (Å²) in [6.45, 7) is 4.43. The lowest BCUT2D eigenvalue weighted by Crippen LogP contribution is -2.32. The highest BCUT2D eigenvalue weighted by molar-refractivity contribution is 7.99. The number of hydrogen-bond donors (Lipinski definition) is 0. The van der Waals surface area contributed by atoms with Crippen LogP contribution in [0.25, 0.3) is 0 Å². The number of hydrogen-bond acceptors (Lipinski definition) is 4. The van der Waals surface area contributed by atoms with Crippen molar-refractivity contribution in [2.24, 2.45) is 0 Å². The standard InChI is InChI=1S/C16H20N2O2S/c1-12-9-15(17-20-12)11-21-13(2)16(19)18(3)10-14-7-5-4-6-8-14/h4-9,13H,10-11H2,1-3H3/t13-/m0/s1. The summed E-state index contributed by atoms with van der Waals surface area (Å²) in [5.41, 5.74) is 2.01. The highest BCUT2D eigenvalue weighted by atomic mass is 32.2. The monoisotopic (exact) mass is 304 g/mol. The molecule has 0 spiro atoms. The van der Waals surface area contributed by atoms with Crippen molar-refractivity contribution in [3.63, 3.8) is 0 Å². The van der Waals surface area contributed by atoms with Crippen LogP contribution in [0.2, 0.25) is 0 Å². The Hall–Kier alpha value is -1.75. The molecule has 0 radical (unpaired) electrons. The number of carbonyl (C=O) groups excluding carboxylic acids is 1. The summed E-state index contributed by atoms with van der Waals surface area (Å²) in [6.07, 6.45) is 0. The van der Waals surface area contributed by atoms with Crippen molar-refractivity contribution in [1.29, 1.82) is 0 Å². The van der Waals surface area contributed by atoms with Gasteiger partial charge in [0.15, 0.2) is 0 Å². The minimum Gasteiger partial charge on any atom is -0.361 e. The van der Waals surface area contributed by atoms with Crippen LogP contribution in [0.5, 0.6) is 0 Å². The zero-order valence-corrected chi connectivity index (χ0v) is 13.4. The Labute approximate surface area is 129 Å². The first-order chi connectivity index (χ1) is 10.1. The maximum absolute atomic E-state index is 12.3. The second-order valence-corrected chi connectivity index (χ2v) is 6.39. The van der Waals surface area contributed by atoms with E-state index in [0.717, 1.165) is 17.0 Å². The van der Waals surface area contributed by atoms with E-state index in [4.69, 9.17) is 4.52 Å². The molecule has 0 saturated heterocycles. The molecular formula is C16H20N2O2S. The molecular weight excluding hydrogens is 284 g/mol. The zero-order valence-electron chi connectivity index (χ0n) is 12.6. The molecule has 1 aromatic heterocycles. The fourth-order valence-electron chi connectivity index (χ4n) is 2.01. The Morgan fingerprint density at radius 2 is 2.10 bits per heavy atom. The third-order valence-electron chi connectivity index (χ3n) is 3.14. The van der Waals surface area contributed by atoms with Crippen LogP contribution in [0.1, 0.15) is 23.9 Å². The smallest absolute Gasteiger partial charge is 0.235 e. The van der Waals surface area contributed by atoms with Crippen LogP contribution in [-0.2, 0) is 17.1 Å². The van der Waals surface area contributed by atoms with E-state index >= 15 is 0 Å². The van der Waals surface area contributed by atoms with E-state index in [1.807, 2.05) is 57.3 Å². The molecule has 112 valence electrons. The molecule has 0 aliphatic carbocycles. The molecule has 0 fully saturated rings. The van der Waals surface area contributed by atoms with Crippen LogP contribution in [0.3, 0.4) is 0 Å². The van der Waals surface area contributed by atoms with Gasteiger partial charge < -0.3 is 9.42 Å². The molecule has 2 aromatic rings. The van der Waals surface area contributed by atoms with Gasteiger partial charge in [-0.15, -0.1) is 11.8 Å². The lowest BCUT2D eigenvalue weighted by molar-refractivity contribution is -0.129. The lowest BCUT2D eigenvalue weighted by atomic mass is 10.2. The maximum Gasteiger partial charge on any atom is 0.235 e. The number of thioether (sulfide) groups is 1. The van der Waals surface area contributed by atoms with Crippen molar-refractivity contribution in [1.82, 2.24) is 10.1 Å². The zero-order chi connectivity index (χ0) is 15.2. The molecule has 1 aromatic carbocycles. The van der Waals surface area contributed by atoms with E-state index in [0.29, 0.717) is 12.3 Å². The van der Waals surface area contributed by atoms with Gasteiger partial charge in [0.1, 0.15) is 5.76 Å². The fraction of sp³-hybridized carbons (Fsp3) is 0.375. The van der Waals surface area contributed by atoms with Crippen molar-refractivity contribution < 1.29 is 9.32 Å². The highest BCUT2D eigenvalue weighted by Gasteiger charge is 2.18. The van der Waals surface area contributed by atoms with Gasteiger partial charge in [0.05, 0.1) is 10.9 Å². The first kappa shape index (κ1) is 15.6. The van der Waals surface area contributed by atoms with E-state index in [9.17, 15) is 4.79 Å². The van der Waals surface area contributed by atoms with Crippen molar-refractivity contribution in [2.45, 2.75) is 31.4 Å². The van der Waals surface area contributed by atoms with E-state index in [2.05, 4.69) is 5.16 Å².